The molecule has 0 unspecified atom stereocenters. The highest BCUT2D eigenvalue weighted by molar-refractivity contribution is 9.10. The Morgan fingerprint density at radius 2 is 2.10 bits per heavy atom. The number of methoxy groups -OCH3 is 2. The van der Waals surface area contributed by atoms with Crippen LogP contribution in [0.25, 0.3) is 10.9 Å². The lowest BCUT2D eigenvalue weighted by molar-refractivity contribution is -0.138. The van der Waals surface area contributed by atoms with Crippen LogP contribution in [0.3, 0.4) is 0 Å². The van der Waals surface area contributed by atoms with Gasteiger partial charge in [-0.1, -0.05) is 15.9 Å². The first-order valence-corrected chi connectivity index (χ1v) is 6.62. The van der Waals surface area contributed by atoms with Crippen LogP contribution in [0.5, 0.6) is 0 Å². The van der Waals surface area contributed by atoms with Gasteiger partial charge in [0.15, 0.2) is 0 Å². The third-order valence-electron chi connectivity index (χ3n) is 2.70. The Hall–Kier alpha value is -2.35. The second-order valence-electron chi connectivity index (χ2n) is 3.95. The molecule has 0 radical (unpaired) electrons. The van der Waals surface area contributed by atoms with Crippen molar-refractivity contribution in [2.24, 2.45) is 0 Å². The van der Waals surface area contributed by atoms with E-state index in [0.29, 0.717) is 11.2 Å². The van der Waals surface area contributed by atoms with Crippen molar-refractivity contribution in [2.45, 2.75) is 0 Å². The number of halogens is 1. The molecule has 2 rings (SSSR count). The van der Waals surface area contributed by atoms with E-state index in [-0.39, 0.29) is 5.70 Å². The van der Waals surface area contributed by atoms with Crippen molar-refractivity contribution in [1.29, 1.82) is 0 Å². The Kier molecular flexibility index (Phi) is 4.59. The Morgan fingerprint density at radius 3 is 2.76 bits per heavy atom. The van der Waals surface area contributed by atoms with Gasteiger partial charge in [0.25, 0.3) is 0 Å². The Morgan fingerprint density at radius 1 is 1.33 bits per heavy atom. The summed E-state index contributed by atoms with van der Waals surface area (Å²) < 4.78 is 10.0. The fourth-order valence-corrected chi connectivity index (χ4v) is 2.12. The van der Waals surface area contributed by atoms with E-state index in [1.807, 2.05) is 0 Å². The summed E-state index contributed by atoms with van der Waals surface area (Å²) in [6.07, 6.45) is 2.67. The van der Waals surface area contributed by atoms with Gasteiger partial charge in [-0.05, 0) is 12.1 Å². The molecule has 0 fully saturated rings. The molecule has 0 spiro atoms. The molecule has 110 valence electrons. The first kappa shape index (κ1) is 15.0. The molecule has 1 aromatic heterocycles. The number of anilines is 1. The quantitative estimate of drug-likeness (QED) is 0.644. The fourth-order valence-electron chi connectivity index (χ4n) is 1.68. The monoisotopic (exact) mass is 353 g/mol. The summed E-state index contributed by atoms with van der Waals surface area (Å²) in [5.41, 5.74) is 1.22. The Labute approximate surface area is 128 Å². The van der Waals surface area contributed by atoms with Gasteiger partial charge >= 0.3 is 11.9 Å². The highest BCUT2D eigenvalue weighted by Crippen LogP contribution is 2.29. The van der Waals surface area contributed by atoms with Gasteiger partial charge in [-0.2, -0.15) is 5.10 Å². The molecule has 2 aromatic rings. The van der Waals surface area contributed by atoms with Crippen molar-refractivity contribution >= 4 is 44.5 Å². The average Bonchev–Trinajstić information content (AvgIpc) is 2.98. The maximum Gasteiger partial charge on any atom is 0.354 e. The number of H-pyrrole nitrogens is 1. The number of rotatable bonds is 4. The van der Waals surface area contributed by atoms with E-state index in [4.69, 9.17) is 0 Å². The van der Waals surface area contributed by atoms with E-state index in [0.717, 1.165) is 15.9 Å². The Bertz CT molecular complexity index is 723. The number of hydrogen-bond acceptors (Lipinski definition) is 6. The largest absolute Gasteiger partial charge is 0.466 e. The zero-order valence-electron chi connectivity index (χ0n) is 11.3. The van der Waals surface area contributed by atoms with E-state index >= 15 is 0 Å². The number of aromatic amines is 1. The topological polar surface area (TPSA) is 93.3 Å². The lowest BCUT2D eigenvalue weighted by atomic mass is 10.2. The molecular formula is C13H12BrN3O4. The first-order valence-electron chi connectivity index (χ1n) is 5.83. The average molecular weight is 354 g/mol. The van der Waals surface area contributed by atoms with E-state index in [2.05, 4.69) is 40.9 Å². The van der Waals surface area contributed by atoms with Crippen LogP contribution < -0.4 is 5.32 Å². The molecule has 7 nitrogen and oxygen atoms in total. The van der Waals surface area contributed by atoms with Crippen molar-refractivity contribution in [2.75, 3.05) is 19.5 Å². The maximum absolute atomic E-state index is 11.7. The SMILES string of the molecule is COC(=O)/C=C(/Nc1ccc(Br)c2cn[nH]c12)C(=O)OC. The predicted molar refractivity (Wildman–Crippen MR) is 79.5 cm³/mol. The number of hydrogen-bond donors (Lipinski definition) is 2. The summed E-state index contributed by atoms with van der Waals surface area (Å²) in [5.74, 6) is -1.35. The standard InChI is InChI=1S/C13H12BrN3O4/c1-20-11(18)5-10(13(19)21-2)16-9-4-3-8(14)7-6-15-17-12(7)9/h3-6,16H,1-2H3,(H,15,17)/b10-5+. The molecular weight excluding hydrogens is 342 g/mol. The van der Waals surface area contributed by atoms with Gasteiger partial charge in [0.2, 0.25) is 0 Å². The number of nitrogens with zero attached hydrogens (tertiary/aromatic N) is 1. The number of aromatic nitrogens is 2. The summed E-state index contributed by atoms with van der Waals surface area (Å²) >= 11 is 3.40. The van der Waals surface area contributed by atoms with E-state index < -0.39 is 11.9 Å². The first-order chi connectivity index (χ1) is 10.1. The van der Waals surface area contributed by atoms with Crippen LogP contribution >= 0.6 is 15.9 Å². The smallest absolute Gasteiger partial charge is 0.354 e. The number of nitrogens with one attached hydrogen (secondary N) is 2. The number of fused-ring (bicyclic) bond motifs is 1. The molecule has 0 aliphatic heterocycles. The van der Waals surface area contributed by atoms with Gasteiger partial charge in [0.1, 0.15) is 5.70 Å². The predicted octanol–water partition coefficient (Wildman–Crippen LogP) is 1.97. The molecule has 21 heavy (non-hydrogen) atoms. The molecule has 0 bridgehead atoms. The van der Waals surface area contributed by atoms with E-state index in [9.17, 15) is 9.59 Å². The van der Waals surface area contributed by atoms with Gasteiger partial charge in [-0.15, -0.1) is 0 Å². The number of carbonyl (C=O) groups excluding carboxylic acids is 2. The molecule has 2 N–H and O–H groups in total. The number of carbonyl (C=O) groups is 2. The van der Waals surface area contributed by atoms with Crippen LogP contribution in [-0.2, 0) is 19.1 Å². The second kappa shape index (κ2) is 6.40. The van der Waals surface area contributed by atoms with E-state index in [1.165, 1.54) is 14.2 Å². The molecule has 0 aliphatic rings. The molecule has 1 heterocycles. The highest BCUT2D eigenvalue weighted by Gasteiger charge is 2.15. The van der Waals surface area contributed by atoms with Crippen LogP contribution in [0.1, 0.15) is 0 Å². The molecule has 0 atom stereocenters. The lowest BCUT2D eigenvalue weighted by Gasteiger charge is -2.10. The van der Waals surface area contributed by atoms with Crippen LogP contribution in [0.2, 0.25) is 0 Å². The fraction of sp³-hybridized carbons (Fsp3) is 0.154. The van der Waals surface area contributed by atoms with Crippen LogP contribution in [0.4, 0.5) is 5.69 Å². The minimum Gasteiger partial charge on any atom is -0.466 e. The normalized spacial score (nSPS) is 11.3. The summed E-state index contributed by atoms with van der Waals surface area (Å²) in [5, 5.41) is 10.5. The van der Waals surface area contributed by atoms with Crippen LogP contribution in [0.15, 0.2) is 34.6 Å². The molecule has 0 saturated carbocycles. The highest BCUT2D eigenvalue weighted by atomic mass is 79.9. The lowest BCUT2D eigenvalue weighted by Crippen LogP contribution is -2.15. The molecule has 0 saturated heterocycles. The van der Waals surface area contributed by atoms with Crippen molar-refractivity contribution < 1.29 is 19.1 Å². The summed E-state index contributed by atoms with van der Waals surface area (Å²) in [4.78, 5) is 23.0. The number of esters is 2. The zero-order valence-corrected chi connectivity index (χ0v) is 12.9. The number of ether oxygens (including phenoxy) is 2. The van der Waals surface area contributed by atoms with Crippen LogP contribution in [-0.4, -0.2) is 36.4 Å². The summed E-state index contributed by atoms with van der Waals surface area (Å²) in [6, 6.07) is 3.53. The van der Waals surface area contributed by atoms with Gasteiger partial charge in [0.05, 0.1) is 37.7 Å². The van der Waals surface area contributed by atoms with E-state index in [1.54, 1.807) is 18.3 Å². The molecule has 8 heteroatoms. The minimum absolute atomic E-state index is 0.0393. The molecule has 0 aliphatic carbocycles. The molecule has 0 amide bonds. The van der Waals surface area contributed by atoms with Gasteiger partial charge < -0.3 is 14.8 Å². The third kappa shape index (κ3) is 3.22. The zero-order chi connectivity index (χ0) is 15.4. The minimum atomic E-state index is -0.684. The van der Waals surface area contributed by atoms with Gasteiger partial charge in [-0.25, -0.2) is 9.59 Å². The summed E-state index contributed by atoms with van der Waals surface area (Å²) in [7, 11) is 2.45. The van der Waals surface area contributed by atoms with Crippen molar-refractivity contribution in [3.05, 3.63) is 34.6 Å². The van der Waals surface area contributed by atoms with Gasteiger partial charge in [0, 0.05) is 9.86 Å². The van der Waals surface area contributed by atoms with Gasteiger partial charge in [-0.3, -0.25) is 5.10 Å². The summed E-state index contributed by atoms with van der Waals surface area (Å²) in [6.45, 7) is 0. The second-order valence-corrected chi connectivity index (χ2v) is 4.81. The van der Waals surface area contributed by atoms with Crippen molar-refractivity contribution in [3.63, 3.8) is 0 Å². The maximum atomic E-state index is 11.7. The molecule has 1 aromatic carbocycles. The number of benzene rings is 1. The third-order valence-corrected chi connectivity index (χ3v) is 3.39. The van der Waals surface area contributed by atoms with Crippen molar-refractivity contribution in [3.8, 4) is 0 Å². The van der Waals surface area contributed by atoms with Crippen LogP contribution in [0, 0.1) is 0 Å². The van der Waals surface area contributed by atoms with Crippen molar-refractivity contribution in [1.82, 2.24) is 10.2 Å². The Balaban J connectivity index is 2.42.